The molecule has 1 aliphatic rings. The van der Waals surface area contributed by atoms with Crippen molar-refractivity contribution in [2.24, 2.45) is 0 Å². The minimum absolute atomic E-state index is 0.702. The second-order valence-electron chi connectivity index (χ2n) is 5.53. The normalized spacial score (nSPS) is 17.1. The molecule has 0 bridgehead atoms. The van der Waals surface area contributed by atoms with Crippen LogP contribution in [0.15, 0.2) is 24.3 Å². The number of nitrogens with zero attached hydrogens (tertiary/aromatic N) is 4. The Kier molecular flexibility index (Phi) is 4.56. The lowest BCUT2D eigenvalue weighted by molar-refractivity contribution is 0.311. The molecule has 3 rings (SSSR count). The van der Waals surface area contributed by atoms with E-state index in [0.29, 0.717) is 5.88 Å². The van der Waals surface area contributed by atoms with Gasteiger partial charge in [-0.3, -0.25) is 0 Å². The Labute approximate surface area is 130 Å². The van der Waals surface area contributed by atoms with E-state index in [1.165, 1.54) is 10.8 Å². The van der Waals surface area contributed by atoms with E-state index in [1.54, 1.807) is 0 Å². The molecule has 0 amide bonds. The highest BCUT2D eigenvalue weighted by Crippen LogP contribution is 2.26. The fraction of sp³-hybridized carbons (Fsp3) is 0.500. The second-order valence-corrected chi connectivity index (χ2v) is 5.90. The number of benzene rings is 1. The number of hydrogen-bond acceptors (Lipinski definition) is 4. The topological polar surface area (TPSA) is 32.3 Å². The molecule has 0 spiro atoms. The summed E-state index contributed by atoms with van der Waals surface area (Å²) >= 11 is 5.86. The molecule has 1 aromatic heterocycles. The first kappa shape index (κ1) is 14.5. The molecule has 0 radical (unpaired) electrons. The zero-order valence-corrected chi connectivity index (χ0v) is 13.2. The van der Waals surface area contributed by atoms with Gasteiger partial charge in [-0.1, -0.05) is 24.3 Å². The van der Waals surface area contributed by atoms with Crippen LogP contribution < -0.4 is 4.90 Å². The number of aryl methyl sites for hydroxylation is 1. The van der Waals surface area contributed by atoms with Gasteiger partial charge in [0, 0.05) is 42.8 Å². The molecular weight excluding hydrogens is 284 g/mol. The molecule has 112 valence electrons. The summed E-state index contributed by atoms with van der Waals surface area (Å²) in [6, 6.07) is 8.41. The van der Waals surface area contributed by atoms with Crippen LogP contribution >= 0.6 is 11.6 Å². The molecule has 2 aromatic rings. The van der Waals surface area contributed by atoms with E-state index in [1.807, 2.05) is 6.92 Å². The van der Waals surface area contributed by atoms with Crippen LogP contribution in [-0.2, 0) is 0 Å². The molecule has 5 heteroatoms. The van der Waals surface area contributed by atoms with Crippen LogP contribution in [0.2, 0.25) is 0 Å². The van der Waals surface area contributed by atoms with Gasteiger partial charge in [0.1, 0.15) is 0 Å². The molecule has 1 fully saturated rings. The van der Waals surface area contributed by atoms with Crippen molar-refractivity contribution in [2.45, 2.75) is 13.3 Å². The molecule has 2 heterocycles. The van der Waals surface area contributed by atoms with Gasteiger partial charge in [-0.2, -0.15) is 5.10 Å². The quantitative estimate of drug-likeness (QED) is 0.816. The Bertz CT molecular complexity index is 616. The van der Waals surface area contributed by atoms with Gasteiger partial charge in [0.25, 0.3) is 0 Å². The van der Waals surface area contributed by atoms with Crippen molar-refractivity contribution in [3.05, 3.63) is 30.0 Å². The van der Waals surface area contributed by atoms with Gasteiger partial charge in [0.05, 0.1) is 5.69 Å². The second kappa shape index (κ2) is 6.58. The SMILES string of the molecule is Cc1nnc(N2CCCN(CCCl)CC2)c2ccccc12. The number of fused-ring (bicyclic) bond motifs is 1. The van der Waals surface area contributed by atoms with Crippen LogP contribution in [0.1, 0.15) is 12.1 Å². The highest BCUT2D eigenvalue weighted by Gasteiger charge is 2.18. The van der Waals surface area contributed by atoms with Gasteiger partial charge in [-0.15, -0.1) is 16.7 Å². The van der Waals surface area contributed by atoms with Crippen molar-refractivity contribution in [3.8, 4) is 0 Å². The monoisotopic (exact) mass is 304 g/mol. The Morgan fingerprint density at radius 2 is 1.86 bits per heavy atom. The highest BCUT2D eigenvalue weighted by molar-refractivity contribution is 6.18. The number of halogens is 1. The van der Waals surface area contributed by atoms with E-state index >= 15 is 0 Å². The van der Waals surface area contributed by atoms with E-state index in [9.17, 15) is 0 Å². The summed E-state index contributed by atoms with van der Waals surface area (Å²) in [4.78, 5) is 4.79. The van der Waals surface area contributed by atoms with Gasteiger partial charge < -0.3 is 9.80 Å². The Balaban J connectivity index is 1.88. The predicted molar refractivity (Wildman–Crippen MR) is 88.3 cm³/mol. The summed E-state index contributed by atoms with van der Waals surface area (Å²) in [6.07, 6.45) is 1.14. The first-order valence-corrected chi connectivity index (χ1v) is 8.08. The van der Waals surface area contributed by atoms with Crippen molar-refractivity contribution >= 4 is 28.2 Å². The number of anilines is 1. The van der Waals surface area contributed by atoms with Crippen molar-refractivity contribution in [3.63, 3.8) is 0 Å². The van der Waals surface area contributed by atoms with Crippen molar-refractivity contribution in [2.75, 3.05) is 43.5 Å². The van der Waals surface area contributed by atoms with Crippen LogP contribution in [0.3, 0.4) is 0 Å². The summed E-state index contributed by atoms with van der Waals surface area (Å²) < 4.78 is 0. The fourth-order valence-corrected chi connectivity index (χ4v) is 3.22. The molecule has 1 aliphatic heterocycles. The average molecular weight is 305 g/mol. The number of hydrogen-bond donors (Lipinski definition) is 0. The first-order valence-electron chi connectivity index (χ1n) is 7.55. The Morgan fingerprint density at radius 3 is 2.67 bits per heavy atom. The predicted octanol–water partition coefficient (Wildman–Crippen LogP) is 2.69. The molecule has 1 aromatic carbocycles. The summed E-state index contributed by atoms with van der Waals surface area (Å²) in [5.41, 5.74) is 0.993. The summed E-state index contributed by atoms with van der Waals surface area (Å²) in [6.45, 7) is 7.15. The van der Waals surface area contributed by atoms with Crippen LogP contribution in [0.25, 0.3) is 10.8 Å². The minimum Gasteiger partial charge on any atom is -0.353 e. The zero-order valence-electron chi connectivity index (χ0n) is 12.4. The maximum atomic E-state index is 5.86. The molecule has 1 saturated heterocycles. The molecule has 0 unspecified atom stereocenters. The standard InChI is InChI=1S/C16H21ClN4/c1-13-14-5-2-3-6-15(14)16(19-18-13)21-9-4-8-20(10-7-17)11-12-21/h2-3,5-6H,4,7-12H2,1H3. The zero-order chi connectivity index (χ0) is 14.7. The Morgan fingerprint density at radius 1 is 1.05 bits per heavy atom. The largest absolute Gasteiger partial charge is 0.353 e. The van der Waals surface area contributed by atoms with E-state index < -0.39 is 0 Å². The molecular formula is C16H21ClN4. The van der Waals surface area contributed by atoms with Gasteiger partial charge in [0.2, 0.25) is 0 Å². The first-order chi connectivity index (χ1) is 10.3. The highest BCUT2D eigenvalue weighted by atomic mass is 35.5. The summed E-state index contributed by atoms with van der Waals surface area (Å²) in [5.74, 6) is 1.72. The molecule has 0 aliphatic carbocycles. The average Bonchev–Trinajstić information content (AvgIpc) is 2.74. The maximum absolute atomic E-state index is 5.86. The third-order valence-electron chi connectivity index (χ3n) is 4.14. The van der Waals surface area contributed by atoms with E-state index in [-0.39, 0.29) is 0 Å². The lowest BCUT2D eigenvalue weighted by atomic mass is 10.1. The number of rotatable bonds is 3. The molecule has 0 N–H and O–H groups in total. The van der Waals surface area contributed by atoms with Crippen molar-refractivity contribution in [1.82, 2.24) is 15.1 Å². The Hall–Kier alpha value is -1.39. The lowest BCUT2D eigenvalue weighted by Gasteiger charge is -2.23. The minimum atomic E-state index is 0.702. The van der Waals surface area contributed by atoms with Gasteiger partial charge in [-0.25, -0.2) is 0 Å². The van der Waals surface area contributed by atoms with Crippen molar-refractivity contribution in [1.29, 1.82) is 0 Å². The van der Waals surface area contributed by atoms with E-state index in [2.05, 4.69) is 44.3 Å². The van der Waals surface area contributed by atoms with Gasteiger partial charge >= 0.3 is 0 Å². The third-order valence-corrected chi connectivity index (χ3v) is 4.31. The molecule has 21 heavy (non-hydrogen) atoms. The number of alkyl halides is 1. The van der Waals surface area contributed by atoms with Gasteiger partial charge in [-0.05, 0) is 19.9 Å². The number of aromatic nitrogens is 2. The molecule has 4 nitrogen and oxygen atoms in total. The smallest absolute Gasteiger partial charge is 0.159 e. The van der Waals surface area contributed by atoms with Crippen LogP contribution in [0, 0.1) is 6.92 Å². The molecule has 0 atom stereocenters. The van der Waals surface area contributed by atoms with Crippen LogP contribution in [-0.4, -0.2) is 53.7 Å². The fourth-order valence-electron chi connectivity index (χ4n) is 2.98. The maximum Gasteiger partial charge on any atom is 0.159 e. The van der Waals surface area contributed by atoms with Gasteiger partial charge in [0.15, 0.2) is 5.82 Å². The van der Waals surface area contributed by atoms with Crippen LogP contribution in [0.4, 0.5) is 5.82 Å². The lowest BCUT2D eigenvalue weighted by Crippen LogP contribution is -2.32. The van der Waals surface area contributed by atoms with E-state index in [0.717, 1.165) is 50.7 Å². The van der Waals surface area contributed by atoms with E-state index in [4.69, 9.17) is 11.6 Å². The van der Waals surface area contributed by atoms with Crippen molar-refractivity contribution < 1.29 is 0 Å². The summed E-state index contributed by atoms with van der Waals surface area (Å²) in [5, 5.41) is 11.2. The molecule has 0 saturated carbocycles. The van der Waals surface area contributed by atoms with Crippen LogP contribution in [0.5, 0.6) is 0 Å². The third kappa shape index (κ3) is 3.11. The summed E-state index contributed by atoms with van der Waals surface area (Å²) in [7, 11) is 0.